The van der Waals surface area contributed by atoms with Crippen LogP contribution in [0.2, 0.25) is 0 Å². The van der Waals surface area contributed by atoms with Crippen molar-refractivity contribution in [2.75, 3.05) is 0 Å². The van der Waals surface area contributed by atoms with Crippen LogP contribution in [0.1, 0.15) is 18.5 Å². The van der Waals surface area contributed by atoms with Crippen molar-refractivity contribution in [3.63, 3.8) is 0 Å². The Morgan fingerprint density at radius 3 is 2.58 bits per heavy atom. The molecule has 0 aliphatic carbocycles. The van der Waals surface area contributed by atoms with E-state index in [1.54, 1.807) is 25.1 Å². The normalized spacial score (nSPS) is 12.3. The van der Waals surface area contributed by atoms with Crippen molar-refractivity contribution < 1.29 is 9.13 Å². The van der Waals surface area contributed by atoms with Gasteiger partial charge in [-0.15, -0.1) is 0 Å². The van der Waals surface area contributed by atoms with Gasteiger partial charge in [0.25, 0.3) is 0 Å². The van der Waals surface area contributed by atoms with Crippen molar-refractivity contribution in [2.24, 2.45) is 5.73 Å². The number of para-hydroxylation sites is 1. The van der Waals surface area contributed by atoms with E-state index in [1.165, 1.54) is 6.07 Å². The van der Waals surface area contributed by atoms with Crippen LogP contribution in [0.5, 0.6) is 11.5 Å². The molecule has 5 heteroatoms. The zero-order valence-corrected chi connectivity index (χ0v) is 13.3. The highest BCUT2D eigenvalue weighted by Gasteiger charge is 2.15. The lowest BCUT2D eigenvalue weighted by Gasteiger charge is -2.15. The lowest BCUT2D eigenvalue weighted by molar-refractivity contribution is 0.430. The largest absolute Gasteiger partial charge is 0.453 e. The second kappa shape index (κ2) is 6.03. The maximum Gasteiger partial charge on any atom is 0.167 e. The fraction of sp³-hybridized carbons (Fsp3) is 0.143. The molecule has 2 aromatic carbocycles. The zero-order valence-electron chi connectivity index (χ0n) is 10.2. The molecule has 0 aliphatic rings. The van der Waals surface area contributed by atoms with Gasteiger partial charge in [-0.05, 0) is 47.1 Å². The summed E-state index contributed by atoms with van der Waals surface area (Å²) < 4.78 is 21.2. The quantitative estimate of drug-likeness (QED) is 0.787. The number of hydrogen-bond donors (Lipinski definition) is 1. The summed E-state index contributed by atoms with van der Waals surface area (Å²) in [6.07, 6.45) is 0. The van der Waals surface area contributed by atoms with Gasteiger partial charge < -0.3 is 10.5 Å². The Kier molecular flexibility index (Phi) is 4.60. The molecule has 0 aromatic heterocycles. The summed E-state index contributed by atoms with van der Waals surface area (Å²) in [6.45, 7) is 1.79. The Morgan fingerprint density at radius 2 is 1.95 bits per heavy atom. The lowest BCUT2D eigenvalue weighted by Crippen LogP contribution is -2.07. The summed E-state index contributed by atoms with van der Waals surface area (Å²) in [5.74, 6) is 0.278. The molecular weight excluding hydrogens is 377 g/mol. The molecule has 2 nitrogen and oxygen atoms in total. The van der Waals surface area contributed by atoms with E-state index in [0.29, 0.717) is 11.3 Å². The molecule has 0 heterocycles. The van der Waals surface area contributed by atoms with Gasteiger partial charge >= 0.3 is 0 Å². The maximum absolute atomic E-state index is 13.9. The van der Waals surface area contributed by atoms with Gasteiger partial charge in [0, 0.05) is 16.1 Å². The third kappa shape index (κ3) is 3.35. The first-order valence-corrected chi connectivity index (χ1v) is 7.24. The lowest BCUT2D eigenvalue weighted by atomic mass is 10.1. The average molecular weight is 389 g/mol. The highest BCUT2D eigenvalue weighted by molar-refractivity contribution is 9.11. The molecule has 100 valence electrons. The van der Waals surface area contributed by atoms with E-state index in [-0.39, 0.29) is 11.8 Å². The Morgan fingerprint density at radius 1 is 1.21 bits per heavy atom. The maximum atomic E-state index is 13.9. The summed E-state index contributed by atoms with van der Waals surface area (Å²) in [6, 6.07) is 9.85. The minimum Gasteiger partial charge on any atom is -0.453 e. The van der Waals surface area contributed by atoms with E-state index in [2.05, 4.69) is 31.9 Å². The molecule has 19 heavy (non-hydrogen) atoms. The third-order valence-corrected chi connectivity index (χ3v) is 3.71. The Hall–Kier alpha value is -0.910. The van der Waals surface area contributed by atoms with Gasteiger partial charge in [0.1, 0.15) is 5.75 Å². The first kappa shape index (κ1) is 14.5. The van der Waals surface area contributed by atoms with Gasteiger partial charge in [-0.2, -0.15) is 0 Å². The van der Waals surface area contributed by atoms with Gasteiger partial charge in [-0.3, -0.25) is 0 Å². The highest BCUT2D eigenvalue weighted by atomic mass is 79.9. The van der Waals surface area contributed by atoms with E-state index in [0.717, 1.165) is 8.95 Å². The number of hydrogen-bond acceptors (Lipinski definition) is 2. The van der Waals surface area contributed by atoms with Crippen LogP contribution < -0.4 is 10.5 Å². The van der Waals surface area contributed by atoms with Crippen molar-refractivity contribution in [3.8, 4) is 11.5 Å². The Labute approximate surface area is 128 Å². The van der Waals surface area contributed by atoms with Gasteiger partial charge in [0.15, 0.2) is 11.6 Å². The van der Waals surface area contributed by atoms with Crippen molar-refractivity contribution >= 4 is 31.9 Å². The highest BCUT2D eigenvalue weighted by Crippen LogP contribution is 2.36. The number of nitrogens with two attached hydrogens (primary N) is 1. The molecule has 2 aromatic rings. The van der Waals surface area contributed by atoms with E-state index in [1.807, 2.05) is 12.1 Å². The van der Waals surface area contributed by atoms with E-state index < -0.39 is 5.82 Å². The predicted molar refractivity (Wildman–Crippen MR) is 80.9 cm³/mol. The van der Waals surface area contributed by atoms with E-state index in [4.69, 9.17) is 10.5 Å². The Balaban J connectivity index is 2.43. The summed E-state index contributed by atoms with van der Waals surface area (Å²) in [5, 5.41) is 0. The molecule has 2 rings (SSSR count). The van der Waals surface area contributed by atoms with Crippen molar-refractivity contribution in [3.05, 3.63) is 56.7 Å². The fourth-order valence-electron chi connectivity index (χ4n) is 1.66. The van der Waals surface area contributed by atoms with Gasteiger partial charge in [0.2, 0.25) is 0 Å². The Bertz CT molecular complexity index is 602. The van der Waals surface area contributed by atoms with Crippen LogP contribution in [0.15, 0.2) is 45.3 Å². The first-order chi connectivity index (χ1) is 8.99. The van der Waals surface area contributed by atoms with Gasteiger partial charge in [-0.1, -0.05) is 28.1 Å². The first-order valence-electron chi connectivity index (χ1n) is 5.66. The molecule has 1 atom stereocenters. The van der Waals surface area contributed by atoms with Crippen LogP contribution in [0.25, 0.3) is 0 Å². The summed E-state index contributed by atoms with van der Waals surface area (Å²) in [7, 11) is 0. The number of rotatable bonds is 3. The summed E-state index contributed by atoms with van der Waals surface area (Å²) in [4.78, 5) is 0. The van der Waals surface area contributed by atoms with Crippen LogP contribution in [0, 0.1) is 5.82 Å². The molecule has 0 spiro atoms. The molecule has 0 bridgehead atoms. The zero-order chi connectivity index (χ0) is 14.0. The van der Waals surface area contributed by atoms with Crippen LogP contribution in [0.4, 0.5) is 4.39 Å². The molecule has 0 saturated carbocycles. The van der Waals surface area contributed by atoms with Crippen LogP contribution in [-0.4, -0.2) is 0 Å². The van der Waals surface area contributed by atoms with E-state index in [9.17, 15) is 4.39 Å². The molecule has 2 N–H and O–H groups in total. The van der Waals surface area contributed by atoms with Crippen LogP contribution >= 0.6 is 31.9 Å². The SMILES string of the molecule is C[C@H](N)c1cccc(F)c1Oc1ccc(Br)cc1Br. The van der Waals surface area contributed by atoms with Crippen LogP contribution in [-0.2, 0) is 0 Å². The topological polar surface area (TPSA) is 35.2 Å². The minimum atomic E-state index is -0.426. The van der Waals surface area contributed by atoms with Gasteiger partial charge in [-0.25, -0.2) is 4.39 Å². The number of benzene rings is 2. The van der Waals surface area contributed by atoms with Gasteiger partial charge in [0.05, 0.1) is 4.47 Å². The smallest absolute Gasteiger partial charge is 0.167 e. The number of halogens is 3. The summed E-state index contributed by atoms with van der Waals surface area (Å²) >= 11 is 6.74. The molecule has 0 amide bonds. The molecule has 0 unspecified atom stereocenters. The summed E-state index contributed by atoms with van der Waals surface area (Å²) in [5.41, 5.74) is 6.47. The standard InChI is InChI=1S/C14H12Br2FNO/c1-8(18)10-3-2-4-12(17)14(10)19-13-6-5-9(15)7-11(13)16/h2-8H,18H2,1H3/t8-/m0/s1. The average Bonchev–Trinajstić information content (AvgIpc) is 2.34. The predicted octanol–water partition coefficient (Wildman–Crippen LogP) is 5.16. The van der Waals surface area contributed by atoms with E-state index >= 15 is 0 Å². The molecule has 0 saturated heterocycles. The second-order valence-corrected chi connectivity index (χ2v) is 5.89. The minimum absolute atomic E-state index is 0.167. The second-order valence-electron chi connectivity index (χ2n) is 4.12. The molecule has 0 aliphatic heterocycles. The number of ether oxygens (including phenoxy) is 1. The third-order valence-electron chi connectivity index (χ3n) is 2.59. The van der Waals surface area contributed by atoms with Crippen molar-refractivity contribution in [1.82, 2.24) is 0 Å². The monoisotopic (exact) mass is 387 g/mol. The fourth-order valence-corrected chi connectivity index (χ4v) is 2.79. The molecular formula is C14H12Br2FNO. The molecule has 0 radical (unpaired) electrons. The van der Waals surface area contributed by atoms with Crippen molar-refractivity contribution in [2.45, 2.75) is 13.0 Å². The van der Waals surface area contributed by atoms with Crippen molar-refractivity contribution in [1.29, 1.82) is 0 Å². The molecule has 0 fully saturated rings. The van der Waals surface area contributed by atoms with Crippen LogP contribution in [0.3, 0.4) is 0 Å².